The molecule has 0 fully saturated rings. The Labute approximate surface area is 127 Å². The number of rotatable bonds is 8. The number of pyridine rings is 1. The molecule has 0 saturated heterocycles. The zero-order valence-corrected chi connectivity index (χ0v) is 13.5. The number of nitrogens with one attached hydrogen (secondary N) is 2. The second kappa shape index (κ2) is 9.21. The van der Waals surface area contributed by atoms with E-state index < -0.39 is 0 Å². The standard InChI is InChI=1S/C16H27N3O2/c1-12(2)6-5-7-13(3)19-16(20)18-11-14-8-9-15(21-4)17-10-14/h8-10,12-13H,5-7,11H2,1-4H3,(H2,18,19,20). The summed E-state index contributed by atoms with van der Waals surface area (Å²) >= 11 is 0. The van der Waals surface area contributed by atoms with Crippen molar-refractivity contribution in [2.75, 3.05) is 7.11 Å². The molecule has 0 aliphatic rings. The molecule has 2 N–H and O–H groups in total. The largest absolute Gasteiger partial charge is 0.481 e. The minimum Gasteiger partial charge on any atom is -0.481 e. The molecule has 1 heterocycles. The lowest BCUT2D eigenvalue weighted by Crippen LogP contribution is -2.40. The number of hydrogen-bond acceptors (Lipinski definition) is 3. The summed E-state index contributed by atoms with van der Waals surface area (Å²) in [4.78, 5) is 15.9. The van der Waals surface area contributed by atoms with E-state index in [-0.39, 0.29) is 12.1 Å². The van der Waals surface area contributed by atoms with Crippen LogP contribution in [0.5, 0.6) is 5.88 Å². The summed E-state index contributed by atoms with van der Waals surface area (Å²) in [6.07, 6.45) is 5.05. The van der Waals surface area contributed by atoms with E-state index in [4.69, 9.17) is 4.74 Å². The molecule has 5 heteroatoms. The summed E-state index contributed by atoms with van der Waals surface area (Å²) in [7, 11) is 1.58. The molecule has 5 nitrogen and oxygen atoms in total. The summed E-state index contributed by atoms with van der Waals surface area (Å²) in [5.74, 6) is 1.29. The summed E-state index contributed by atoms with van der Waals surface area (Å²) in [5.41, 5.74) is 0.943. The third-order valence-corrected chi connectivity index (χ3v) is 3.26. The van der Waals surface area contributed by atoms with Crippen LogP contribution >= 0.6 is 0 Å². The number of ether oxygens (including phenoxy) is 1. The van der Waals surface area contributed by atoms with Gasteiger partial charge in [0, 0.05) is 24.8 Å². The van der Waals surface area contributed by atoms with Gasteiger partial charge in [-0.2, -0.15) is 0 Å². The molecule has 1 rings (SSSR count). The summed E-state index contributed by atoms with van der Waals surface area (Å²) in [5, 5.41) is 5.79. The number of urea groups is 1. The highest BCUT2D eigenvalue weighted by Gasteiger charge is 2.07. The Morgan fingerprint density at radius 2 is 2.05 bits per heavy atom. The molecule has 0 saturated carbocycles. The Hall–Kier alpha value is -1.78. The van der Waals surface area contributed by atoms with E-state index >= 15 is 0 Å². The van der Waals surface area contributed by atoms with Gasteiger partial charge >= 0.3 is 6.03 Å². The topological polar surface area (TPSA) is 63.2 Å². The fourth-order valence-electron chi connectivity index (χ4n) is 2.00. The molecule has 1 atom stereocenters. The van der Waals surface area contributed by atoms with Crippen LogP contribution in [0.25, 0.3) is 0 Å². The van der Waals surface area contributed by atoms with E-state index in [1.807, 2.05) is 13.0 Å². The Morgan fingerprint density at radius 1 is 1.29 bits per heavy atom. The number of aromatic nitrogens is 1. The normalized spacial score (nSPS) is 12.0. The first-order chi connectivity index (χ1) is 10.0. The third-order valence-electron chi connectivity index (χ3n) is 3.26. The predicted molar refractivity (Wildman–Crippen MR) is 84.3 cm³/mol. The van der Waals surface area contributed by atoms with Crippen molar-refractivity contribution in [3.8, 4) is 5.88 Å². The maximum atomic E-state index is 11.8. The van der Waals surface area contributed by atoms with Gasteiger partial charge in [0.1, 0.15) is 0 Å². The highest BCUT2D eigenvalue weighted by atomic mass is 16.5. The quantitative estimate of drug-likeness (QED) is 0.774. The van der Waals surface area contributed by atoms with E-state index in [0.29, 0.717) is 18.3 Å². The molecule has 1 aromatic rings. The molecular weight excluding hydrogens is 266 g/mol. The highest BCUT2D eigenvalue weighted by molar-refractivity contribution is 5.74. The van der Waals surface area contributed by atoms with E-state index in [0.717, 1.165) is 18.4 Å². The lowest BCUT2D eigenvalue weighted by atomic mass is 10.0. The monoisotopic (exact) mass is 293 g/mol. The van der Waals surface area contributed by atoms with E-state index in [1.54, 1.807) is 19.4 Å². The number of hydrogen-bond donors (Lipinski definition) is 2. The minimum atomic E-state index is -0.136. The second-order valence-electron chi connectivity index (χ2n) is 5.76. The van der Waals surface area contributed by atoms with Crippen LogP contribution in [0.4, 0.5) is 4.79 Å². The SMILES string of the molecule is COc1ccc(CNC(=O)NC(C)CCCC(C)C)cn1. The molecule has 21 heavy (non-hydrogen) atoms. The number of methoxy groups -OCH3 is 1. The third kappa shape index (κ3) is 7.54. The van der Waals surface area contributed by atoms with E-state index in [9.17, 15) is 4.79 Å². The first kappa shape index (κ1) is 17.3. The van der Waals surface area contributed by atoms with Crippen molar-refractivity contribution in [2.45, 2.75) is 52.6 Å². The van der Waals surface area contributed by atoms with Gasteiger partial charge in [-0.3, -0.25) is 0 Å². The van der Waals surface area contributed by atoms with Gasteiger partial charge in [-0.05, 0) is 24.8 Å². The van der Waals surface area contributed by atoms with E-state index in [2.05, 4.69) is 29.5 Å². The fraction of sp³-hybridized carbons (Fsp3) is 0.625. The van der Waals surface area contributed by atoms with Gasteiger partial charge in [0.05, 0.1) is 7.11 Å². The predicted octanol–water partition coefficient (Wildman–Crippen LogP) is 3.10. The average molecular weight is 293 g/mol. The molecule has 0 radical (unpaired) electrons. The van der Waals surface area contributed by atoms with Crippen molar-refractivity contribution in [3.63, 3.8) is 0 Å². The Morgan fingerprint density at radius 3 is 2.62 bits per heavy atom. The second-order valence-corrected chi connectivity index (χ2v) is 5.76. The first-order valence-corrected chi connectivity index (χ1v) is 7.54. The fourth-order valence-corrected chi connectivity index (χ4v) is 2.00. The van der Waals surface area contributed by atoms with Crippen molar-refractivity contribution in [1.29, 1.82) is 0 Å². The number of amides is 2. The minimum absolute atomic E-state index is 0.136. The van der Waals surface area contributed by atoms with Crippen LogP contribution in [0.1, 0.15) is 45.6 Å². The number of nitrogens with zero attached hydrogens (tertiary/aromatic N) is 1. The Bertz CT molecular complexity index is 418. The molecule has 0 aliphatic carbocycles. The Balaban J connectivity index is 2.23. The van der Waals surface area contributed by atoms with Gasteiger partial charge in [0.2, 0.25) is 5.88 Å². The van der Waals surface area contributed by atoms with Gasteiger partial charge in [-0.1, -0.05) is 32.8 Å². The molecular formula is C16H27N3O2. The molecule has 118 valence electrons. The lowest BCUT2D eigenvalue weighted by Gasteiger charge is -2.15. The maximum Gasteiger partial charge on any atom is 0.315 e. The summed E-state index contributed by atoms with van der Waals surface area (Å²) in [6.45, 7) is 6.93. The van der Waals surface area contributed by atoms with Crippen LogP contribution in [0.3, 0.4) is 0 Å². The van der Waals surface area contributed by atoms with Crippen molar-refractivity contribution in [2.24, 2.45) is 5.92 Å². The van der Waals surface area contributed by atoms with Crippen molar-refractivity contribution in [1.82, 2.24) is 15.6 Å². The molecule has 1 aromatic heterocycles. The van der Waals surface area contributed by atoms with Crippen LogP contribution in [-0.4, -0.2) is 24.2 Å². The van der Waals surface area contributed by atoms with Crippen LogP contribution in [-0.2, 0) is 6.54 Å². The summed E-state index contributed by atoms with van der Waals surface area (Å²) in [6, 6.07) is 3.72. The first-order valence-electron chi connectivity index (χ1n) is 7.54. The zero-order chi connectivity index (χ0) is 15.7. The van der Waals surface area contributed by atoms with E-state index in [1.165, 1.54) is 6.42 Å². The van der Waals surface area contributed by atoms with Crippen molar-refractivity contribution in [3.05, 3.63) is 23.9 Å². The van der Waals surface area contributed by atoms with Crippen LogP contribution in [0.2, 0.25) is 0 Å². The molecule has 0 aromatic carbocycles. The summed E-state index contributed by atoms with van der Waals surface area (Å²) < 4.78 is 4.99. The molecule has 0 bridgehead atoms. The highest BCUT2D eigenvalue weighted by Crippen LogP contribution is 2.08. The average Bonchev–Trinajstić information content (AvgIpc) is 2.45. The number of carbonyl (C=O) groups is 1. The molecule has 0 spiro atoms. The zero-order valence-electron chi connectivity index (χ0n) is 13.5. The maximum absolute atomic E-state index is 11.8. The molecule has 2 amide bonds. The molecule has 1 unspecified atom stereocenters. The van der Waals surface area contributed by atoms with Crippen molar-refractivity contribution < 1.29 is 9.53 Å². The van der Waals surface area contributed by atoms with Gasteiger partial charge in [0.15, 0.2) is 0 Å². The smallest absolute Gasteiger partial charge is 0.315 e. The number of carbonyl (C=O) groups excluding carboxylic acids is 1. The van der Waals surface area contributed by atoms with Gasteiger partial charge in [-0.15, -0.1) is 0 Å². The van der Waals surface area contributed by atoms with Crippen LogP contribution in [0.15, 0.2) is 18.3 Å². The molecule has 0 aliphatic heterocycles. The van der Waals surface area contributed by atoms with Gasteiger partial charge < -0.3 is 15.4 Å². The van der Waals surface area contributed by atoms with Crippen molar-refractivity contribution >= 4 is 6.03 Å². The Kier molecular flexibility index (Phi) is 7.58. The lowest BCUT2D eigenvalue weighted by molar-refractivity contribution is 0.236. The van der Waals surface area contributed by atoms with Gasteiger partial charge in [-0.25, -0.2) is 9.78 Å². The van der Waals surface area contributed by atoms with Crippen LogP contribution in [0, 0.1) is 5.92 Å². The van der Waals surface area contributed by atoms with Gasteiger partial charge in [0.25, 0.3) is 0 Å². The van der Waals surface area contributed by atoms with Crippen LogP contribution < -0.4 is 15.4 Å².